The summed E-state index contributed by atoms with van der Waals surface area (Å²) < 4.78 is 25.2. The maximum atomic E-state index is 16.0. The first kappa shape index (κ1) is 71.7. The molecular formula is C69H77Cl2N9O21. The number of rotatable bonds is 12. The molecule has 19 N–H and O–H groups in total. The van der Waals surface area contributed by atoms with Crippen molar-refractivity contribution in [2.45, 2.75) is 150 Å². The van der Waals surface area contributed by atoms with Gasteiger partial charge in [0.2, 0.25) is 59.3 Å². The first-order valence-corrected chi connectivity index (χ1v) is 33.7. The molecule has 8 amide bonds. The number of carbonyl (C=O) groups is 8. The van der Waals surface area contributed by atoms with E-state index < -0.39 is 186 Å². The quantitative estimate of drug-likeness (QED) is 0.0845. The number of halogens is 2. The van der Waals surface area contributed by atoms with Crippen molar-refractivity contribution in [3.63, 3.8) is 0 Å². The number of hydrogen-bond acceptors (Lipinski definition) is 22. The van der Waals surface area contributed by atoms with Gasteiger partial charge in [-0.25, -0.2) is 0 Å². The molecule has 6 aliphatic heterocycles. The Labute approximate surface area is 586 Å². The summed E-state index contributed by atoms with van der Waals surface area (Å²) in [5.41, 5.74) is 3.76. The van der Waals surface area contributed by atoms with Crippen LogP contribution in [0.25, 0.3) is 11.1 Å². The SMILES string of the molecule is CN[C@H](CC(C)C)C(=O)N[C@H]1C(=O)N[C@@H](CC(N)=O)C(=O)N[C@H]2C(=O)N[C@H]3C(=O)N[C@H](C(=O)N[C@H](C(=O)NC4C5CC6CC(C5)CC4C6)c4cc(O)cc(O)c4-c4cc3ccc4O)[C@H](O)c3ccc(c(Cl)c3)Oc3cc2cc(c3O[C@@H]2O[C@H](CO)[C@@H](O)[C@H](O)[C@H]2O)Oc2ccc(cc2Cl)[C@H]1O. The van der Waals surface area contributed by atoms with Gasteiger partial charge in [-0.2, -0.15) is 0 Å². The molecule has 15 rings (SSSR count). The van der Waals surface area contributed by atoms with Gasteiger partial charge in [0.1, 0.15) is 102 Å². The summed E-state index contributed by atoms with van der Waals surface area (Å²) in [7, 11) is 1.49. The zero-order chi connectivity index (χ0) is 72.3. The number of ether oxygens (including phenoxy) is 4. The average molecular weight is 1440 g/mol. The summed E-state index contributed by atoms with van der Waals surface area (Å²) in [6, 6.07) is 0.653. The van der Waals surface area contributed by atoms with Gasteiger partial charge >= 0.3 is 0 Å². The molecule has 30 nitrogen and oxygen atoms in total. The van der Waals surface area contributed by atoms with Gasteiger partial charge in [0, 0.05) is 23.2 Å². The van der Waals surface area contributed by atoms with Gasteiger partial charge in [0.25, 0.3) is 0 Å². The molecule has 1 saturated heterocycles. The maximum Gasteiger partial charge on any atom is 0.248 e. The molecule has 32 heteroatoms. The minimum absolute atomic E-state index is 0.0771. The van der Waals surface area contributed by atoms with Crippen LogP contribution in [0.3, 0.4) is 0 Å². The van der Waals surface area contributed by atoms with E-state index in [-0.39, 0.29) is 85.1 Å². The van der Waals surface area contributed by atoms with Crippen LogP contribution in [0.2, 0.25) is 10.0 Å². The lowest BCUT2D eigenvalue weighted by atomic mass is 9.54. The Morgan fingerprint density at radius 2 is 1.23 bits per heavy atom. The van der Waals surface area contributed by atoms with E-state index in [1.807, 2.05) is 13.8 Å². The van der Waals surface area contributed by atoms with E-state index in [4.69, 9.17) is 47.9 Å². The third-order valence-electron chi connectivity index (χ3n) is 19.9. The van der Waals surface area contributed by atoms with Gasteiger partial charge in [-0.15, -0.1) is 0 Å². The molecule has 6 heterocycles. The predicted molar refractivity (Wildman–Crippen MR) is 354 cm³/mol. The van der Waals surface area contributed by atoms with Gasteiger partial charge in [0.15, 0.2) is 11.5 Å². The molecule has 0 radical (unpaired) electrons. The summed E-state index contributed by atoms with van der Waals surface area (Å²) in [4.78, 5) is 120. The van der Waals surface area contributed by atoms with Gasteiger partial charge in [-0.3, -0.25) is 38.4 Å². The normalized spacial score (nSPS) is 30.2. The Hall–Kier alpha value is -9.08. The van der Waals surface area contributed by atoms with Crippen LogP contribution in [-0.2, 0) is 43.1 Å². The Bertz CT molecular complexity index is 4100. The molecule has 5 aromatic rings. The number of likely N-dealkylation sites (N-methyl/N-ethyl adjacent to an activating group) is 1. The van der Waals surface area contributed by atoms with Crippen molar-refractivity contribution in [3.8, 4) is 57.1 Å². The Morgan fingerprint density at radius 3 is 1.82 bits per heavy atom. The molecule has 5 fully saturated rings. The van der Waals surface area contributed by atoms with Gasteiger partial charge < -0.3 is 113 Å². The highest BCUT2D eigenvalue weighted by atomic mass is 35.5. The molecule has 0 unspecified atom stereocenters. The fourth-order valence-corrected chi connectivity index (χ4v) is 15.6. The number of nitrogens with one attached hydrogen (secondary N) is 8. The van der Waals surface area contributed by atoms with E-state index in [1.54, 1.807) is 0 Å². The van der Waals surface area contributed by atoms with Crippen molar-refractivity contribution in [2.75, 3.05) is 13.7 Å². The van der Waals surface area contributed by atoms with Gasteiger partial charge in [0.05, 0.1) is 29.1 Å². The number of primary amides is 1. The first-order valence-electron chi connectivity index (χ1n) is 33.0. The summed E-state index contributed by atoms with van der Waals surface area (Å²) in [6.45, 7) is 2.73. The third-order valence-corrected chi connectivity index (χ3v) is 20.5. The van der Waals surface area contributed by atoms with Crippen LogP contribution in [0.1, 0.15) is 117 Å². The van der Waals surface area contributed by atoms with E-state index in [0.29, 0.717) is 11.8 Å². The number of nitrogens with two attached hydrogens (primary N) is 1. The minimum atomic E-state index is -2.29. The van der Waals surface area contributed by atoms with E-state index in [1.165, 1.54) is 31.3 Å². The lowest BCUT2D eigenvalue weighted by molar-refractivity contribution is -0.277. The number of phenols is 3. The van der Waals surface area contributed by atoms with E-state index in [2.05, 4.69) is 42.5 Å². The second kappa shape index (κ2) is 29.1. The van der Waals surface area contributed by atoms with E-state index in [9.17, 15) is 60.3 Å². The average Bonchev–Trinajstić information content (AvgIpc) is 0.765. The van der Waals surface area contributed by atoms with Crippen molar-refractivity contribution < 1.29 is 103 Å². The zero-order valence-electron chi connectivity index (χ0n) is 54.5. The largest absolute Gasteiger partial charge is 0.508 e. The van der Waals surface area contributed by atoms with Crippen molar-refractivity contribution in [1.29, 1.82) is 0 Å². The third kappa shape index (κ3) is 14.6. The monoisotopic (exact) mass is 1440 g/mol. The fourth-order valence-electron chi connectivity index (χ4n) is 15.1. The summed E-state index contributed by atoms with van der Waals surface area (Å²) in [6.07, 6.45) is -10.2. The molecule has 101 heavy (non-hydrogen) atoms. The number of benzene rings is 5. The standard InChI is InChI=1S/C69H77Cl2N9O21/c1-25(2)10-39(73-3)62(91)79-54-56(86)29-5-8-43(37(70)17-29)98-45-19-33-20-46(61(45)101-69-60(90)59(89)58(88)47(24-81)100-69)99-44-9-6-30(18-38(44)71)57(87)55-68(97)78-53(66(95)75-50-31-12-26-11-27(14-31)15-32(50)13-26)36-21-34(82)22-42(84)49(36)35-16-28(4-7-41(35)83)51(64(93)80-55)77-65(94)52(33)76-63(92)40(23-48(72)85)74-67(54)96/h4-9,16-22,25-27,31-32,39-40,47,50-60,69,73,81-84,86-90H,10-15,23-24H2,1-3H3,(H2,72,85)(H,74,96)(H,75,95)(H,76,92)(H,77,94)(H,78,97)(H,79,91)(H,80,93)/t26?,27?,31?,32?,39-,40+,47-,50?,51-,52-,53+,54-,55+,56-,57-,58-,59+,60-,69+/m1/s1. The maximum absolute atomic E-state index is 16.0. The molecular weight excluding hydrogens is 1360 g/mol. The minimum Gasteiger partial charge on any atom is -0.508 e. The van der Waals surface area contributed by atoms with Crippen LogP contribution in [0.4, 0.5) is 0 Å². The first-order chi connectivity index (χ1) is 48.1. The number of fused-ring (bicyclic) bond motifs is 15. The molecule has 14 atom stereocenters. The van der Waals surface area contributed by atoms with Crippen LogP contribution >= 0.6 is 23.2 Å². The molecule has 0 aromatic heterocycles. The number of phenolic OH excluding ortho intramolecular Hbond substituents is 3. The van der Waals surface area contributed by atoms with E-state index >= 15 is 24.0 Å². The van der Waals surface area contributed by atoms with Crippen LogP contribution in [0.15, 0.2) is 78.9 Å². The van der Waals surface area contributed by atoms with Crippen LogP contribution in [0, 0.1) is 29.6 Å². The van der Waals surface area contributed by atoms with Crippen LogP contribution in [-0.4, -0.2) is 168 Å². The Kier molecular flexibility index (Phi) is 20.7. The molecule has 538 valence electrons. The molecule has 0 spiro atoms. The number of carbonyl (C=O) groups excluding carboxylic acids is 8. The van der Waals surface area contributed by atoms with Crippen molar-refractivity contribution in [2.24, 2.45) is 35.3 Å². The Morgan fingerprint density at radius 1 is 0.634 bits per heavy atom. The van der Waals surface area contributed by atoms with Crippen molar-refractivity contribution >= 4 is 70.5 Å². The number of hydrogen-bond donors (Lipinski definition) is 18. The highest BCUT2D eigenvalue weighted by Gasteiger charge is 2.51. The second-order valence-corrected chi connectivity index (χ2v) is 28.1. The summed E-state index contributed by atoms with van der Waals surface area (Å²) in [5, 5.41) is 124. The highest BCUT2D eigenvalue weighted by Crippen LogP contribution is 2.55. The number of aliphatic hydroxyl groups excluding tert-OH is 6. The fraction of sp³-hybridized carbons (Fsp3) is 0.449. The van der Waals surface area contributed by atoms with Crippen LogP contribution < -0.4 is 62.5 Å². The molecule has 15 bridgehead atoms. The molecule has 4 saturated carbocycles. The van der Waals surface area contributed by atoms with Crippen molar-refractivity contribution in [3.05, 3.63) is 117 Å². The lowest BCUT2D eigenvalue weighted by Gasteiger charge is -2.54. The zero-order valence-corrected chi connectivity index (χ0v) is 56.0. The lowest BCUT2D eigenvalue weighted by Crippen LogP contribution is -2.60. The predicted octanol–water partition coefficient (Wildman–Crippen LogP) is 1.73. The van der Waals surface area contributed by atoms with E-state index in [0.717, 1.165) is 86.7 Å². The Balaban J connectivity index is 1.06. The molecule has 10 aliphatic rings. The highest BCUT2D eigenvalue weighted by molar-refractivity contribution is 6.32. The number of aliphatic hydroxyl groups is 6. The van der Waals surface area contributed by atoms with Crippen LogP contribution in [0.5, 0.6) is 46.0 Å². The topological polar surface area (TPSA) is 478 Å². The number of aromatic hydroxyl groups is 3. The van der Waals surface area contributed by atoms with Crippen molar-refractivity contribution in [1.82, 2.24) is 42.5 Å². The molecule has 5 aromatic carbocycles. The van der Waals surface area contributed by atoms with Gasteiger partial charge in [-0.1, -0.05) is 55.2 Å². The summed E-state index contributed by atoms with van der Waals surface area (Å²) >= 11 is 14.1. The second-order valence-electron chi connectivity index (χ2n) is 27.3. The van der Waals surface area contributed by atoms with Gasteiger partial charge in [-0.05, 0) is 158 Å². The smallest absolute Gasteiger partial charge is 0.248 e. The number of amides is 8. The molecule has 4 aliphatic carbocycles. The summed E-state index contributed by atoms with van der Waals surface area (Å²) in [5.74, 6) is -12.8.